The summed E-state index contributed by atoms with van der Waals surface area (Å²) in [5.74, 6) is 0.215. The van der Waals surface area contributed by atoms with Gasteiger partial charge >= 0.3 is 0 Å². The molecule has 1 rings (SSSR count). The standard InChI is InChI=1S/C13H19ClFNO/c1-3-4-11(7-8-16-2)17-13-6-5-10(15)9-12(13)14/h5-6,9,11,16H,3-4,7-8H2,1-2H3. The molecule has 0 spiro atoms. The summed E-state index contributed by atoms with van der Waals surface area (Å²) in [4.78, 5) is 0. The Labute approximate surface area is 107 Å². The molecule has 0 fully saturated rings. The maximum Gasteiger partial charge on any atom is 0.138 e. The minimum absolute atomic E-state index is 0.121. The molecule has 0 radical (unpaired) electrons. The molecule has 0 saturated heterocycles. The second-order valence-electron chi connectivity index (χ2n) is 4.00. The van der Waals surface area contributed by atoms with E-state index in [9.17, 15) is 4.39 Å². The van der Waals surface area contributed by atoms with Crippen LogP contribution in [0, 0.1) is 5.82 Å². The van der Waals surface area contributed by atoms with Crippen LogP contribution >= 0.6 is 11.6 Å². The maximum absolute atomic E-state index is 12.9. The van der Waals surface area contributed by atoms with E-state index in [0.717, 1.165) is 25.8 Å². The minimum atomic E-state index is -0.343. The quantitative estimate of drug-likeness (QED) is 0.807. The molecule has 4 heteroatoms. The van der Waals surface area contributed by atoms with E-state index in [1.54, 1.807) is 6.07 Å². The number of hydrogen-bond donors (Lipinski definition) is 1. The fraction of sp³-hybridized carbons (Fsp3) is 0.538. The Kier molecular flexibility index (Phi) is 6.30. The van der Waals surface area contributed by atoms with E-state index in [1.807, 2.05) is 7.05 Å². The number of benzene rings is 1. The normalized spacial score (nSPS) is 12.5. The molecular formula is C13H19ClFNO. The lowest BCUT2D eigenvalue weighted by Gasteiger charge is -2.19. The number of ether oxygens (including phenoxy) is 1. The van der Waals surface area contributed by atoms with Crippen molar-refractivity contribution in [1.82, 2.24) is 5.32 Å². The van der Waals surface area contributed by atoms with Gasteiger partial charge in [0, 0.05) is 0 Å². The third-order valence-corrected chi connectivity index (χ3v) is 2.81. The van der Waals surface area contributed by atoms with Crippen molar-refractivity contribution in [3.8, 4) is 5.75 Å². The largest absolute Gasteiger partial charge is 0.489 e. The van der Waals surface area contributed by atoms with E-state index < -0.39 is 0 Å². The Balaban J connectivity index is 2.64. The maximum atomic E-state index is 12.9. The zero-order valence-electron chi connectivity index (χ0n) is 10.3. The Bertz CT molecular complexity index is 346. The molecule has 0 aliphatic rings. The Morgan fingerprint density at radius 2 is 2.18 bits per heavy atom. The topological polar surface area (TPSA) is 21.3 Å². The van der Waals surface area contributed by atoms with Crippen LogP contribution in [0.4, 0.5) is 4.39 Å². The zero-order chi connectivity index (χ0) is 12.7. The number of hydrogen-bond acceptors (Lipinski definition) is 2. The lowest BCUT2D eigenvalue weighted by Crippen LogP contribution is -2.22. The van der Waals surface area contributed by atoms with Gasteiger partial charge in [0.15, 0.2) is 0 Å². The first kappa shape index (κ1) is 14.3. The van der Waals surface area contributed by atoms with Crippen LogP contribution in [0.5, 0.6) is 5.75 Å². The van der Waals surface area contributed by atoms with E-state index in [0.29, 0.717) is 10.8 Å². The van der Waals surface area contributed by atoms with Gasteiger partial charge in [-0.3, -0.25) is 0 Å². The molecule has 1 atom stereocenters. The minimum Gasteiger partial charge on any atom is -0.489 e. The summed E-state index contributed by atoms with van der Waals surface area (Å²) in [5, 5.41) is 3.42. The number of halogens is 2. The van der Waals surface area contributed by atoms with Crippen molar-refractivity contribution >= 4 is 11.6 Å². The summed E-state index contributed by atoms with van der Waals surface area (Å²) in [6.07, 6.45) is 3.05. The van der Waals surface area contributed by atoms with E-state index >= 15 is 0 Å². The van der Waals surface area contributed by atoms with Gasteiger partial charge in [-0.1, -0.05) is 24.9 Å². The fourth-order valence-corrected chi connectivity index (χ4v) is 1.85. The van der Waals surface area contributed by atoms with Gasteiger partial charge in [-0.05, 0) is 44.6 Å². The van der Waals surface area contributed by atoms with Crippen LogP contribution in [0.2, 0.25) is 5.02 Å². The summed E-state index contributed by atoms with van der Waals surface area (Å²) >= 11 is 5.93. The Hall–Kier alpha value is -0.800. The lowest BCUT2D eigenvalue weighted by molar-refractivity contribution is 0.180. The molecule has 0 aliphatic carbocycles. The van der Waals surface area contributed by atoms with E-state index in [4.69, 9.17) is 16.3 Å². The average Bonchev–Trinajstić information content (AvgIpc) is 2.29. The van der Waals surface area contributed by atoms with Crippen LogP contribution in [0.15, 0.2) is 18.2 Å². The van der Waals surface area contributed by atoms with Gasteiger partial charge in [-0.15, -0.1) is 0 Å². The van der Waals surface area contributed by atoms with Crippen molar-refractivity contribution in [3.63, 3.8) is 0 Å². The van der Waals surface area contributed by atoms with Crippen molar-refractivity contribution in [2.75, 3.05) is 13.6 Å². The lowest BCUT2D eigenvalue weighted by atomic mass is 10.1. The van der Waals surface area contributed by atoms with Gasteiger partial charge in [-0.25, -0.2) is 4.39 Å². The van der Waals surface area contributed by atoms with Crippen molar-refractivity contribution in [2.45, 2.75) is 32.3 Å². The molecule has 2 nitrogen and oxygen atoms in total. The smallest absolute Gasteiger partial charge is 0.138 e. The van der Waals surface area contributed by atoms with E-state index in [-0.39, 0.29) is 11.9 Å². The van der Waals surface area contributed by atoms with Crippen LogP contribution in [0.1, 0.15) is 26.2 Å². The van der Waals surface area contributed by atoms with Crippen LogP contribution in [0.3, 0.4) is 0 Å². The molecule has 1 N–H and O–H groups in total. The average molecular weight is 260 g/mol. The van der Waals surface area contributed by atoms with Crippen molar-refractivity contribution in [1.29, 1.82) is 0 Å². The number of nitrogens with one attached hydrogen (secondary N) is 1. The van der Waals surface area contributed by atoms with Crippen molar-refractivity contribution < 1.29 is 9.13 Å². The molecular weight excluding hydrogens is 241 g/mol. The highest BCUT2D eigenvalue weighted by Crippen LogP contribution is 2.27. The van der Waals surface area contributed by atoms with Crippen LogP contribution in [-0.4, -0.2) is 19.7 Å². The third kappa shape index (κ3) is 4.92. The molecule has 0 saturated carbocycles. The van der Waals surface area contributed by atoms with Crippen LogP contribution in [-0.2, 0) is 0 Å². The van der Waals surface area contributed by atoms with Crippen LogP contribution in [0.25, 0.3) is 0 Å². The van der Waals surface area contributed by atoms with Gasteiger partial charge < -0.3 is 10.1 Å². The highest BCUT2D eigenvalue weighted by Gasteiger charge is 2.11. The van der Waals surface area contributed by atoms with Gasteiger partial charge in [-0.2, -0.15) is 0 Å². The van der Waals surface area contributed by atoms with Gasteiger partial charge in [0.1, 0.15) is 11.6 Å². The summed E-state index contributed by atoms with van der Waals surface area (Å²) in [6, 6.07) is 4.22. The van der Waals surface area contributed by atoms with E-state index in [1.165, 1.54) is 12.1 Å². The molecule has 96 valence electrons. The Morgan fingerprint density at radius 3 is 2.76 bits per heavy atom. The first-order chi connectivity index (χ1) is 8.17. The Morgan fingerprint density at radius 1 is 1.41 bits per heavy atom. The second kappa shape index (κ2) is 7.51. The molecule has 0 aliphatic heterocycles. The summed E-state index contributed by atoms with van der Waals surface area (Å²) in [7, 11) is 1.91. The second-order valence-corrected chi connectivity index (χ2v) is 4.40. The predicted octanol–water partition coefficient (Wildman–Crippen LogP) is 3.64. The van der Waals surface area contributed by atoms with Crippen LogP contribution < -0.4 is 10.1 Å². The molecule has 1 unspecified atom stereocenters. The predicted molar refractivity (Wildman–Crippen MR) is 69.3 cm³/mol. The van der Waals surface area contributed by atoms with E-state index in [2.05, 4.69) is 12.2 Å². The zero-order valence-corrected chi connectivity index (χ0v) is 11.1. The summed E-state index contributed by atoms with van der Waals surface area (Å²) < 4.78 is 18.7. The fourth-order valence-electron chi connectivity index (χ4n) is 1.64. The molecule has 17 heavy (non-hydrogen) atoms. The molecule has 1 aromatic carbocycles. The van der Waals surface area contributed by atoms with Gasteiger partial charge in [0.25, 0.3) is 0 Å². The first-order valence-electron chi connectivity index (χ1n) is 5.93. The van der Waals surface area contributed by atoms with Gasteiger partial charge in [0.05, 0.1) is 11.1 Å². The number of rotatable bonds is 7. The monoisotopic (exact) mass is 259 g/mol. The molecule has 0 bridgehead atoms. The highest BCUT2D eigenvalue weighted by atomic mass is 35.5. The van der Waals surface area contributed by atoms with Crippen molar-refractivity contribution in [3.05, 3.63) is 29.0 Å². The SMILES string of the molecule is CCCC(CCNC)Oc1ccc(F)cc1Cl. The molecule has 0 aromatic heterocycles. The highest BCUT2D eigenvalue weighted by molar-refractivity contribution is 6.32. The first-order valence-corrected chi connectivity index (χ1v) is 6.31. The molecule has 1 aromatic rings. The third-order valence-electron chi connectivity index (χ3n) is 2.51. The molecule has 0 heterocycles. The summed E-state index contributed by atoms with van der Waals surface area (Å²) in [5.41, 5.74) is 0. The van der Waals surface area contributed by atoms with Crippen molar-refractivity contribution in [2.24, 2.45) is 0 Å². The van der Waals surface area contributed by atoms with Gasteiger partial charge in [0.2, 0.25) is 0 Å². The summed E-state index contributed by atoms with van der Waals surface area (Å²) in [6.45, 7) is 3.01. The molecule has 0 amide bonds.